The van der Waals surface area contributed by atoms with E-state index < -0.39 is 10.0 Å². The average Bonchev–Trinajstić information content (AvgIpc) is 2.73. The molecule has 0 aromatic heterocycles. The van der Waals surface area contributed by atoms with Crippen molar-refractivity contribution in [2.45, 2.75) is 29.6 Å². The van der Waals surface area contributed by atoms with Gasteiger partial charge in [0.2, 0.25) is 10.0 Å². The van der Waals surface area contributed by atoms with Gasteiger partial charge in [-0.2, -0.15) is 4.31 Å². The van der Waals surface area contributed by atoms with Crippen molar-refractivity contribution in [2.75, 3.05) is 33.1 Å². The number of nitrogens with zero attached hydrogens (tertiary/aromatic N) is 1. The van der Waals surface area contributed by atoms with E-state index in [-0.39, 0.29) is 4.90 Å². The van der Waals surface area contributed by atoms with Gasteiger partial charge in [0, 0.05) is 23.7 Å². The maximum Gasteiger partial charge on any atom is 0.246 e. The predicted molar refractivity (Wildman–Crippen MR) is 113 cm³/mol. The van der Waals surface area contributed by atoms with Crippen LogP contribution in [0.4, 0.5) is 0 Å². The number of rotatable bonds is 7. The van der Waals surface area contributed by atoms with Crippen LogP contribution < -0.4 is 9.47 Å². The third kappa shape index (κ3) is 4.82. The summed E-state index contributed by atoms with van der Waals surface area (Å²) in [5.41, 5.74) is 0.908. The molecule has 2 aromatic carbocycles. The highest BCUT2D eigenvalue weighted by molar-refractivity contribution is 7.99. The van der Waals surface area contributed by atoms with Crippen LogP contribution in [0.1, 0.15) is 18.4 Å². The number of benzene rings is 2. The van der Waals surface area contributed by atoms with Crippen molar-refractivity contribution in [1.82, 2.24) is 4.31 Å². The Balaban J connectivity index is 1.59. The predicted octanol–water partition coefficient (Wildman–Crippen LogP) is 4.21. The number of sulfonamides is 1. The summed E-state index contributed by atoms with van der Waals surface area (Å²) in [5, 5.41) is 0. The van der Waals surface area contributed by atoms with Crippen LogP contribution in [0.25, 0.3) is 0 Å². The summed E-state index contributed by atoms with van der Waals surface area (Å²) in [7, 11) is -0.369. The van der Waals surface area contributed by atoms with E-state index in [1.165, 1.54) is 12.0 Å². The first-order valence-corrected chi connectivity index (χ1v) is 11.8. The molecule has 1 aliphatic heterocycles. The first kappa shape index (κ1) is 21.0. The highest BCUT2D eigenvalue weighted by Crippen LogP contribution is 2.32. The van der Waals surface area contributed by atoms with E-state index in [9.17, 15) is 8.42 Å². The van der Waals surface area contributed by atoms with Gasteiger partial charge in [-0.25, -0.2) is 8.42 Å². The Morgan fingerprint density at radius 3 is 2.32 bits per heavy atom. The lowest BCUT2D eigenvalue weighted by Crippen LogP contribution is -2.39. The molecule has 0 radical (unpaired) electrons. The molecule has 2 aromatic rings. The molecule has 5 nitrogen and oxygen atoms in total. The fourth-order valence-electron chi connectivity index (χ4n) is 3.33. The quantitative estimate of drug-likeness (QED) is 0.627. The summed E-state index contributed by atoms with van der Waals surface area (Å²) >= 11 is 1.82. The number of methoxy groups -OCH3 is 2. The number of hydrogen-bond acceptors (Lipinski definition) is 5. The minimum atomic E-state index is -3.54. The minimum absolute atomic E-state index is 0.265. The van der Waals surface area contributed by atoms with Gasteiger partial charge in [0.15, 0.2) is 0 Å². The van der Waals surface area contributed by atoms with Crippen molar-refractivity contribution < 1.29 is 17.9 Å². The van der Waals surface area contributed by atoms with E-state index in [0.29, 0.717) is 24.8 Å². The van der Waals surface area contributed by atoms with Gasteiger partial charge >= 0.3 is 0 Å². The molecule has 1 aliphatic rings. The zero-order valence-corrected chi connectivity index (χ0v) is 18.2. The molecule has 0 amide bonds. The van der Waals surface area contributed by atoms with Crippen molar-refractivity contribution >= 4 is 21.8 Å². The van der Waals surface area contributed by atoms with E-state index in [1.807, 2.05) is 36.9 Å². The molecule has 28 heavy (non-hydrogen) atoms. The van der Waals surface area contributed by atoms with Crippen LogP contribution in [0, 0.1) is 12.8 Å². The lowest BCUT2D eigenvalue weighted by Gasteiger charge is -2.31. The molecule has 0 spiro atoms. The lowest BCUT2D eigenvalue weighted by atomic mass is 10.0. The second-order valence-corrected chi connectivity index (χ2v) is 9.99. The first-order valence-electron chi connectivity index (χ1n) is 9.35. The standard InChI is InChI=1S/C21H27NO4S2/c1-16-4-9-20(26-3)21(14-16)28(23,24)22-12-10-17(11-13-22)15-27-19-7-5-18(25-2)6-8-19/h4-9,14,17H,10-13,15H2,1-3H3. The van der Waals surface area contributed by atoms with Crippen LogP contribution >= 0.6 is 11.8 Å². The molecular formula is C21H27NO4S2. The third-order valence-electron chi connectivity index (χ3n) is 5.06. The normalized spacial score (nSPS) is 16.1. The van der Waals surface area contributed by atoms with Crippen LogP contribution in [-0.4, -0.2) is 45.8 Å². The van der Waals surface area contributed by atoms with Crippen LogP contribution in [-0.2, 0) is 10.0 Å². The molecule has 7 heteroatoms. The van der Waals surface area contributed by atoms with Crippen molar-refractivity contribution in [3.8, 4) is 11.5 Å². The molecule has 0 bridgehead atoms. The number of thioether (sulfide) groups is 1. The molecule has 152 valence electrons. The molecule has 0 unspecified atom stereocenters. The molecule has 0 atom stereocenters. The monoisotopic (exact) mass is 421 g/mol. The number of hydrogen-bond donors (Lipinski definition) is 0. The van der Waals surface area contributed by atoms with E-state index in [1.54, 1.807) is 23.5 Å². The number of ether oxygens (including phenoxy) is 2. The molecule has 1 saturated heterocycles. The molecule has 1 heterocycles. The highest BCUT2D eigenvalue weighted by atomic mass is 32.2. The van der Waals surface area contributed by atoms with E-state index >= 15 is 0 Å². The Kier molecular flexibility index (Phi) is 6.91. The zero-order chi connectivity index (χ0) is 20.1. The van der Waals surface area contributed by atoms with E-state index in [2.05, 4.69) is 12.1 Å². The maximum absolute atomic E-state index is 13.1. The maximum atomic E-state index is 13.1. The van der Waals surface area contributed by atoms with Crippen molar-refractivity contribution in [2.24, 2.45) is 5.92 Å². The van der Waals surface area contributed by atoms with Gasteiger partial charge in [0.05, 0.1) is 14.2 Å². The second kappa shape index (κ2) is 9.20. The summed E-state index contributed by atoms with van der Waals surface area (Å²) in [6.07, 6.45) is 1.74. The summed E-state index contributed by atoms with van der Waals surface area (Å²) in [4.78, 5) is 1.47. The average molecular weight is 422 g/mol. The van der Waals surface area contributed by atoms with Crippen molar-refractivity contribution in [1.29, 1.82) is 0 Å². The van der Waals surface area contributed by atoms with Gasteiger partial charge < -0.3 is 9.47 Å². The Hall–Kier alpha value is -1.70. The summed E-state index contributed by atoms with van der Waals surface area (Å²) in [6, 6.07) is 13.3. The number of piperidine rings is 1. The van der Waals surface area contributed by atoms with Gasteiger partial charge in [-0.1, -0.05) is 6.07 Å². The Bertz CT molecular complexity index is 889. The molecule has 0 N–H and O–H groups in total. The van der Waals surface area contributed by atoms with E-state index in [0.717, 1.165) is 29.9 Å². The minimum Gasteiger partial charge on any atom is -0.497 e. The largest absolute Gasteiger partial charge is 0.497 e. The fraction of sp³-hybridized carbons (Fsp3) is 0.429. The molecule has 3 rings (SSSR count). The smallest absolute Gasteiger partial charge is 0.246 e. The van der Waals surface area contributed by atoms with Gasteiger partial charge in [-0.3, -0.25) is 0 Å². The molecule has 0 saturated carbocycles. The topological polar surface area (TPSA) is 55.8 Å². The highest BCUT2D eigenvalue weighted by Gasteiger charge is 2.31. The molecule has 1 fully saturated rings. The lowest BCUT2D eigenvalue weighted by molar-refractivity contribution is 0.290. The second-order valence-electron chi connectivity index (χ2n) is 6.99. The summed E-state index contributed by atoms with van der Waals surface area (Å²) < 4.78 is 38.3. The molecular weight excluding hydrogens is 394 g/mol. The Morgan fingerprint density at radius 1 is 1.04 bits per heavy atom. The van der Waals surface area contributed by atoms with Gasteiger partial charge in [-0.15, -0.1) is 11.8 Å². The Labute approximate surface area is 172 Å². The first-order chi connectivity index (χ1) is 13.4. The SMILES string of the molecule is COc1ccc(SCC2CCN(S(=O)(=O)c3cc(C)ccc3OC)CC2)cc1. The summed E-state index contributed by atoms with van der Waals surface area (Å²) in [6.45, 7) is 2.99. The third-order valence-corrected chi connectivity index (χ3v) is 8.22. The summed E-state index contributed by atoms with van der Waals surface area (Å²) in [5.74, 6) is 2.77. The van der Waals surface area contributed by atoms with Crippen LogP contribution in [0.5, 0.6) is 11.5 Å². The number of aryl methyl sites for hydroxylation is 1. The van der Waals surface area contributed by atoms with Crippen LogP contribution in [0.3, 0.4) is 0 Å². The Morgan fingerprint density at radius 2 is 1.71 bits per heavy atom. The van der Waals surface area contributed by atoms with Crippen molar-refractivity contribution in [3.63, 3.8) is 0 Å². The zero-order valence-electron chi connectivity index (χ0n) is 16.6. The van der Waals surface area contributed by atoms with Crippen LogP contribution in [0.15, 0.2) is 52.3 Å². The van der Waals surface area contributed by atoms with Crippen LogP contribution in [0.2, 0.25) is 0 Å². The van der Waals surface area contributed by atoms with Crippen molar-refractivity contribution in [3.05, 3.63) is 48.0 Å². The fourth-order valence-corrected chi connectivity index (χ4v) is 6.13. The van der Waals surface area contributed by atoms with Gasteiger partial charge in [0.1, 0.15) is 16.4 Å². The van der Waals surface area contributed by atoms with Gasteiger partial charge in [0.25, 0.3) is 0 Å². The van der Waals surface area contributed by atoms with E-state index in [4.69, 9.17) is 9.47 Å². The van der Waals surface area contributed by atoms with Gasteiger partial charge in [-0.05, 0) is 67.6 Å². The molecule has 0 aliphatic carbocycles.